The van der Waals surface area contributed by atoms with Crippen molar-refractivity contribution < 1.29 is 10.0 Å². The summed E-state index contributed by atoms with van der Waals surface area (Å²) in [5.74, 6) is 0. The van der Waals surface area contributed by atoms with Gasteiger partial charge in [0.25, 0.3) is 0 Å². The van der Waals surface area contributed by atoms with Crippen LogP contribution in [0.3, 0.4) is 0 Å². The molecule has 0 bridgehead atoms. The fourth-order valence-electron chi connectivity index (χ4n) is 0.440. The van der Waals surface area contributed by atoms with E-state index in [-0.39, 0.29) is 0 Å². The highest BCUT2D eigenvalue weighted by molar-refractivity contribution is 6.13. The molecule has 0 aliphatic carbocycles. The van der Waals surface area contributed by atoms with Crippen LogP contribution in [0.4, 0.5) is 0 Å². The highest BCUT2D eigenvalue weighted by Crippen LogP contribution is 1.88. The zero-order valence-corrected chi connectivity index (χ0v) is 6.15. The molecule has 0 fully saturated rings. The van der Waals surface area contributed by atoms with Gasteiger partial charge in [0.15, 0.2) is 0 Å². The molecule has 4 nitrogen and oxygen atoms in total. The average Bonchev–Trinajstić information content (AvgIpc) is 2.19. The van der Waals surface area contributed by atoms with E-state index in [0.717, 1.165) is 0 Å². The lowest BCUT2D eigenvalue weighted by Gasteiger charge is -1.87. The van der Waals surface area contributed by atoms with Crippen molar-refractivity contribution in [3.63, 3.8) is 0 Å². The molecule has 0 aromatic carbocycles. The van der Waals surface area contributed by atoms with Gasteiger partial charge in [-0.1, -0.05) is 0 Å². The Labute approximate surface area is 60.4 Å². The number of rotatable bonds is 0. The molecule has 1 aromatic heterocycles. The third-order valence-corrected chi connectivity index (χ3v) is 1.07. The Balaban J connectivity index is 0.000000236. The summed E-state index contributed by atoms with van der Waals surface area (Å²) in [6.45, 7) is 2.02. The molecule has 0 saturated carbocycles. The van der Waals surface area contributed by atoms with Gasteiger partial charge in [-0.25, -0.2) is 0 Å². The van der Waals surface area contributed by atoms with Crippen molar-refractivity contribution in [2.75, 3.05) is 0 Å². The van der Waals surface area contributed by atoms with E-state index in [4.69, 9.17) is 10.0 Å². The van der Waals surface area contributed by atoms with Crippen LogP contribution in [0.1, 0.15) is 5.69 Å². The van der Waals surface area contributed by atoms with Crippen LogP contribution in [0, 0.1) is 6.92 Å². The Hall–Kier alpha value is -0.805. The molecule has 0 radical (unpaired) electrons. The van der Waals surface area contributed by atoms with Crippen molar-refractivity contribution in [2.45, 2.75) is 6.92 Å². The van der Waals surface area contributed by atoms with Gasteiger partial charge in [0.1, 0.15) is 0 Å². The van der Waals surface area contributed by atoms with Crippen LogP contribution in [-0.4, -0.2) is 27.5 Å². The fraction of sp³-hybridized carbons (Fsp3) is 0.400. The molecule has 1 heterocycles. The molecule has 1 rings (SSSR count). The molecule has 2 N–H and O–H groups in total. The highest BCUT2D eigenvalue weighted by atomic mass is 16.4. The molecule has 0 aliphatic heterocycles. The van der Waals surface area contributed by atoms with E-state index in [9.17, 15) is 0 Å². The number of hydrogen-bond donors (Lipinski definition) is 2. The van der Waals surface area contributed by atoms with E-state index >= 15 is 0 Å². The third kappa shape index (κ3) is 3.27. The van der Waals surface area contributed by atoms with E-state index in [1.54, 1.807) is 6.20 Å². The molecular weight excluding hydrogens is 131 g/mol. The van der Waals surface area contributed by atoms with Crippen molar-refractivity contribution in [1.82, 2.24) is 9.78 Å². The summed E-state index contributed by atoms with van der Waals surface area (Å²) in [4.78, 5) is 0. The lowest BCUT2D eigenvalue weighted by atomic mass is 10.5. The first kappa shape index (κ1) is 9.19. The van der Waals surface area contributed by atoms with Gasteiger partial charge in [-0.05, 0) is 13.0 Å². The van der Waals surface area contributed by atoms with Gasteiger partial charge in [0, 0.05) is 18.9 Å². The summed E-state index contributed by atoms with van der Waals surface area (Å²) >= 11 is 0. The Kier molecular flexibility index (Phi) is 4.61. The number of hydrogen-bond acceptors (Lipinski definition) is 3. The van der Waals surface area contributed by atoms with Crippen molar-refractivity contribution in [3.8, 4) is 0 Å². The zero-order valence-electron chi connectivity index (χ0n) is 6.15. The van der Waals surface area contributed by atoms with Crippen molar-refractivity contribution >= 4 is 7.69 Å². The molecule has 0 aliphatic rings. The molecule has 10 heavy (non-hydrogen) atoms. The predicted octanol–water partition coefficient (Wildman–Crippen LogP) is -1.03. The maximum Gasteiger partial charge on any atom is 0.432 e. The molecule has 0 atom stereocenters. The van der Waals surface area contributed by atoms with E-state index in [2.05, 4.69) is 5.10 Å². The third-order valence-electron chi connectivity index (χ3n) is 1.07. The van der Waals surface area contributed by atoms with Gasteiger partial charge >= 0.3 is 7.69 Å². The monoisotopic (exact) mass is 142 g/mol. The summed E-state index contributed by atoms with van der Waals surface area (Å²) in [6.07, 6.45) is 1.79. The average molecular weight is 142 g/mol. The molecule has 1 aromatic rings. The normalized spacial score (nSPS) is 8.00. The van der Waals surface area contributed by atoms with Crippen LogP contribution in [0.15, 0.2) is 12.3 Å². The topological polar surface area (TPSA) is 58.3 Å². The number of aryl methyl sites for hydroxylation is 2. The summed E-state index contributed by atoms with van der Waals surface area (Å²) < 4.78 is 1.83. The summed E-state index contributed by atoms with van der Waals surface area (Å²) in [6, 6.07) is 1.97. The second-order valence-corrected chi connectivity index (χ2v) is 1.74. The van der Waals surface area contributed by atoms with Gasteiger partial charge in [0.2, 0.25) is 0 Å². The van der Waals surface area contributed by atoms with Crippen LogP contribution in [0.5, 0.6) is 0 Å². The van der Waals surface area contributed by atoms with E-state index in [1.807, 2.05) is 24.7 Å². The van der Waals surface area contributed by atoms with Crippen LogP contribution >= 0.6 is 0 Å². The van der Waals surface area contributed by atoms with E-state index in [1.165, 1.54) is 5.69 Å². The van der Waals surface area contributed by atoms with Crippen molar-refractivity contribution in [2.24, 2.45) is 7.05 Å². The first-order valence-corrected chi connectivity index (χ1v) is 2.88. The van der Waals surface area contributed by atoms with E-state index in [0.29, 0.717) is 0 Å². The first-order chi connectivity index (χ1) is 4.72. The van der Waals surface area contributed by atoms with Gasteiger partial charge in [-0.2, -0.15) is 5.10 Å². The minimum atomic E-state index is -0.750. The maximum atomic E-state index is 7.12. The minimum absolute atomic E-state index is 0.750. The molecule has 0 saturated heterocycles. The predicted molar refractivity (Wildman–Crippen MR) is 39.5 cm³/mol. The van der Waals surface area contributed by atoms with Gasteiger partial charge in [-0.15, -0.1) is 0 Å². The quantitative estimate of drug-likeness (QED) is 0.455. The zero-order chi connectivity index (χ0) is 7.98. The summed E-state index contributed by atoms with van der Waals surface area (Å²) in [5.41, 5.74) is 1.19. The minimum Gasteiger partial charge on any atom is -0.430 e. The largest absolute Gasteiger partial charge is 0.432 e. The summed E-state index contributed by atoms with van der Waals surface area (Å²) in [7, 11) is 1.18. The molecule has 0 spiro atoms. The van der Waals surface area contributed by atoms with Crippen LogP contribution in [0.2, 0.25) is 0 Å². The molecular formula is C5H11BN2O2. The van der Waals surface area contributed by atoms with Crippen molar-refractivity contribution in [3.05, 3.63) is 18.0 Å². The lowest BCUT2D eigenvalue weighted by molar-refractivity contribution is 0.448. The van der Waals surface area contributed by atoms with Gasteiger partial charge in [-0.3, -0.25) is 4.68 Å². The SMILES string of the molecule is Cc1ccnn1C.OBO. The van der Waals surface area contributed by atoms with Gasteiger partial charge < -0.3 is 10.0 Å². The van der Waals surface area contributed by atoms with Crippen LogP contribution < -0.4 is 0 Å². The van der Waals surface area contributed by atoms with Crippen molar-refractivity contribution in [1.29, 1.82) is 0 Å². The number of aromatic nitrogens is 2. The highest BCUT2D eigenvalue weighted by Gasteiger charge is 1.83. The maximum absolute atomic E-state index is 7.12. The lowest BCUT2D eigenvalue weighted by Crippen LogP contribution is -1.90. The molecule has 56 valence electrons. The Morgan fingerprint density at radius 3 is 2.20 bits per heavy atom. The molecule has 0 unspecified atom stereocenters. The molecule has 0 amide bonds. The van der Waals surface area contributed by atoms with Crippen LogP contribution in [0.25, 0.3) is 0 Å². The smallest absolute Gasteiger partial charge is 0.430 e. The van der Waals surface area contributed by atoms with E-state index < -0.39 is 7.69 Å². The Morgan fingerprint density at radius 2 is 2.10 bits per heavy atom. The standard InChI is InChI=1S/C5H8N2.BH3O2/c1-5-3-4-6-7(5)2;2-1-3/h3-4H,1-2H3;1-3H. The first-order valence-electron chi connectivity index (χ1n) is 2.88. The summed E-state index contributed by atoms with van der Waals surface area (Å²) in [5, 5.41) is 18.2. The van der Waals surface area contributed by atoms with Crippen LogP contribution in [-0.2, 0) is 7.05 Å². The fourth-order valence-corrected chi connectivity index (χ4v) is 0.440. The molecule has 5 heteroatoms. The van der Waals surface area contributed by atoms with Gasteiger partial charge in [0.05, 0.1) is 0 Å². The number of nitrogens with zero attached hydrogens (tertiary/aromatic N) is 2. The second kappa shape index (κ2) is 5.02. The Morgan fingerprint density at radius 1 is 1.60 bits per heavy atom. The second-order valence-electron chi connectivity index (χ2n) is 1.74. The Bertz CT molecular complexity index is 161.